The number of halogens is 1. The lowest BCUT2D eigenvalue weighted by Crippen LogP contribution is -2.23. The molecule has 2 aromatic carbocycles. The van der Waals surface area contributed by atoms with Crippen molar-refractivity contribution in [1.82, 2.24) is 5.32 Å². The predicted molar refractivity (Wildman–Crippen MR) is 81.1 cm³/mol. The molecule has 0 unspecified atom stereocenters. The topological polar surface area (TPSA) is 52.5 Å². The first-order valence-electron chi connectivity index (χ1n) is 6.57. The summed E-state index contributed by atoms with van der Waals surface area (Å²) in [5.74, 6) is 0.276. The number of phenols is 1. The van der Waals surface area contributed by atoms with Crippen LogP contribution >= 0.6 is 11.6 Å². The molecule has 0 fully saturated rings. The Hall–Kier alpha value is -1.55. The van der Waals surface area contributed by atoms with Crippen molar-refractivity contribution in [2.24, 2.45) is 0 Å². The highest BCUT2D eigenvalue weighted by molar-refractivity contribution is 6.30. The molecule has 0 aromatic heterocycles. The summed E-state index contributed by atoms with van der Waals surface area (Å²) < 4.78 is 0. The Morgan fingerprint density at radius 3 is 2.55 bits per heavy atom. The fourth-order valence-corrected chi connectivity index (χ4v) is 2.16. The lowest BCUT2D eigenvalue weighted by Gasteiger charge is -2.12. The van der Waals surface area contributed by atoms with E-state index in [1.54, 1.807) is 24.3 Å². The summed E-state index contributed by atoms with van der Waals surface area (Å²) in [6.07, 6.45) is 0.288. The van der Waals surface area contributed by atoms with Crippen LogP contribution in [0, 0.1) is 0 Å². The summed E-state index contributed by atoms with van der Waals surface area (Å²) in [7, 11) is 0. The number of nitrogens with one attached hydrogen (secondary N) is 1. The summed E-state index contributed by atoms with van der Waals surface area (Å²) in [5.41, 5.74) is 1.96. The molecule has 3 nitrogen and oxygen atoms in total. The Morgan fingerprint density at radius 1 is 1.10 bits per heavy atom. The monoisotopic (exact) mass is 291 g/mol. The Labute approximate surface area is 123 Å². The van der Waals surface area contributed by atoms with Gasteiger partial charge >= 0.3 is 0 Å². The van der Waals surface area contributed by atoms with Crippen LogP contribution in [0.25, 0.3) is 0 Å². The predicted octanol–water partition coefficient (Wildman–Crippen LogP) is 2.91. The van der Waals surface area contributed by atoms with E-state index in [9.17, 15) is 10.2 Å². The molecule has 2 aromatic rings. The summed E-state index contributed by atoms with van der Waals surface area (Å²) in [5, 5.41) is 23.1. The van der Waals surface area contributed by atoms with Gasteiger partial charge in [-0.25, -0.2) is 0 Å². The molecule has 0 radical (unpaired) electrons. The zero-order valence-electron chi connectivity index (χ0n) is 11.1. The van der Waals surface area contributed by atoms with E-state index >= 15 is 0 Å². The molecule has 0 aliphatic heterocycles. The van der Waals surface area contributed by atoms with Crippen LogP contribution in [0.2, 0.25) is 5.02 Å². The lowest BCUT2D eigenvalue weighted by molar-refractivity contribution is 0.175. The maximum atomic E-state index is 10.0. The highest BCUT2D eigenvalue weighted by atomic mass is 35.5. The first-order chi connectivity index (χ1) is 9.65. The van der Waals surface area contributed by atoms with Gasteiger partial charge < -0.3 is 15.5 Å². The normalized spacial score (nSPS) is 12.3. The smallest absolute Gasteiger partial charge is 0.115 e. The number of benzene rings is 2. The number of aliphatic hydroxyl groups excluding tert-OH is 1. The van der Waals surface area contributed by atoms with Crippen molar-refractivity contribution >= 4 is 11.6 Å². The zero-order chi connectivity index (χ0) is 14.4. The van der Waals surface area contributed by atoms with Crippen molar-refractivity contribution in [1.29, 1.82) is 0 Å². The molecule has 2 rings (SSSR count). The van der Waals surface area contributed by atoms with Gasteiger partial charge in [0.1, 0.15) is 5.75 Å². The maximum Gasteiger partial charge on any atom is 0.115 e. The molecule has 20 heavy (non-hydrogen) atoms. The van der Waals surface area contributed by atoms with Crippen molar-refractivity contribution < 1.29 is 10.2 Å². The Bertz CT molecular complexity index is 542. The van der Waals surface area contributed by atoms with Gasteiger partial charge in [-0.15, -0.1) is 0 Å². The van der Waals surface area contributed by atoms with Gasteiger partial charge in [0, 0.05) is 11.6 Å². The van der Waals surface area contributed by atoms with E-state index in [0.29, 0.717) is 11.6 Å². The van der Waals surface area contributed by atoms with Crippen LogP contribution in [0.1, 0.15) is 17.2 Å². The lowest BCUT2D eigenvalue weighted by atomic mass is 10.1. The third-order valence-electron chi connectivity index (χ3n) is 3.10. The quantitative estimate of drug-likeness (QED) is 0.717. The number of aliphatic hydroxyl groups is 1. The molecule has 0 aliphatic rings. The average Bonchev–Trinajstić information content (AvgIpc) is 2.45. The van der Waals surface area contributed by atoms with E-state index in [1.807, 2.05) is 24.3 Å². The second kappa shape index (κ2) is 7.29. The van der Waals surface area contributed by atoms with E-state index in [-0.39, 0.29) is 5.75 Å². The Kier molecular flexibility index (Phi) is 5.41. The van der Waals surface area contributed by atoms with Crippen LogP contribution in [-0.4, -0.2) is 23.3 Å². The number of hydrogen-bond donors (Lipinski definition) is 3. The van der Waals surface area contributed by atoms with E-state index < -0.39 is 6.10 Å². The standard InChI is InChI=1S/C16H18ClNO2/c17-14-3-1-2-13(10-14)16(20)11-18-9-8-12-4-6-15(19)7-5-12/h1-7,10,16,18-20H,8-9,11H2/t16-/m0/s1. The maximum absolute atomic E-state index is 10.0. The van der Waals surface area contributed by atoms with Gasteiger partial charge in [0.25, 0.3) is 0 Å². The molecule has 0 spiro atoms. The first kappa shape index (κ1) is 14.9. The van der Waals surface area contributed by atoms with Crippen LogP contribution in [0.4, 0.5) is 0 Å². The van der Waals surface area contributed by atoms with Gasteiger partial charge in [-0.2, -0.15) is 0 Å². The van der Waals surface area contributed by atoms with Gasteiger partial charge in [0.15, 0.2) is 0 Å². The van der Waals surface area contributed by atoms with Crippen LogP contribution in [-0.2, 0) is 6.42 Å². The minimum atomic E-state index is -0.562. The molecule has 0 bridgehead atoms. The van der Waals surface area contributed by atoms with Crippen LogP contribution in [0.3, 0.4) is 0 Å². The third-order valence-corrected chi connectivity index (χ3v) is 3.33. The highest BCUT2D eigenvalue weighted by Gasteiger charge is 2.06. The first-order valence-corrected chi connectivity index (χ1v) is 6.95. The minimum Gasteiger partial charge on any atom is -0.508 e. The van der Waals surface area contributed by atoms with Gasteiger partial charge in [0.05, 0.1) is 6.10 Å². The highest BCUT2D eigenvalue weighted by Crippen LogP contribution is 2.17. The van der Waals surface area contributed by atoms with E-state index in [2.05, 4.69) is 5.32 Å². The minimum absolute atomic E-state index is 0.276. The summed E-state index contributed by atoms with van der Waals surface area (Å²) in [6.45, 7) is 1.25. The molecule has 1 atom stereocenters. The van der Waals surface area contributed by atoms with Crippen molar-refractivity contribution in [3.05, 3.63) is 64.7 Å². The summed E-state index contributed by atoms with van der Waals surface area (Å²) >= 11 is 5.89. The third kappa shape index (κ3) is 4.53. The number of hydrogen-bond acceptors (Lipinski definition) is 3. The van der Waals surface area contributed by atoms with Crippen LogP contribution in [0.15, 0.2) is 48.5 Å². The number of aromatic hydroxyl groups is 1. The molecule has 3 N–H and O–H groups in total. The van der Waals surface area contributed by atoms with Crippen molar-refractivity contribution in [3.8, 4) is 5.75 Å². The second-order valence-electron chi connectivity index (χ2n) is 4.69. The van der Waals surface area contributed by atoms with Gasteiger partial charge in [0.2, 0.25) is 0 Å². The van der Waals surface area contributed by atoms with Crippen LogP contribution < -0.4 is 5.32 Å². The molecule has 0 heterocycles. The summed E-state index contributed by atoms with van der Waals surface area (Å²) in [4.78, 5) is 0. The molecule has 106 valence electrons. The Balaban J connectivity index is 1.74. The fourth-order valence-electron chi connectivity index (χ4n) is 1.97. The van der Waals surface area contributed by atoms with Gasteiger partial charge in [-0.3, -0.25) is 0 Å². The molecular formula is C16H18ClNO2. The zero-order valence-corrected chi connectivity index (χ0v) is 11.8. The SMILES string of the molecule is Oc1ccc(CCNC[C@H](O)c2cccc(Cl)c2)cc1. The largest absolute Gasteiger partial charge is 0.508 e. The van der Waals surface area contributed by atoms with Gasteiger partial charge in [-0.05, 0) is 48.4 Å². The van der Waals surface area contributed by atoms with E-state index in [1.165, 1.54) is 0 Å². The van der Waals surface area contributed by atoms with E-state index in [4.69, 9.17) is 11.6 Å². The van der Waals surface area contributed by atoms with Crippen molar-refractivity contribution in [2.75, 3.05) is 13.1 Å². The molecule has 0 aliphatic carbocycles. The molecular weight excluding hydrogens is 274 g/mol. The van der Waals surface area contributed by atoms with Crippen molar-refractivity contribution in [3.63, 3.8) is 0 Å². The van der Waals surface area contributed by atoms with Crippen molar-refractivity contribution in [2.45, 2.75) is 12.5 Å². The number of rotatable bonds is 6. The van der Waals surface area contributed by atoms with Gasteiger partial charge in [-0.1, -0.05) is 35.9 Å². The van der Waals surface area contributed by atoms with E-state index in [0.717, 1.165) is 24.1 Å². The number of phenolic OH excluding ortho intramolecular Hbond substituents is 1. The average molecular weight is 292 g/mol. The molecule has 0 amide bonds. The molecule has 0 saturated carbocycles. The molecule has 4 heteroatoms. The Morgan fingerprint density at radius 2 is 1.85 bits per heavy atom. The summed E-state index contributed by atoms with van der Waals surface area (Å²) in [6, 6.07) is 14.4. The second-order valence-corrected chi connectivity index (χ2v) is 5.13. The fraction of sp³-hybridized carbons (Fsp3) is 0.250. The molecule has 0 saturated heterocycles. The van der Waals surface area contributed by atoms with Crippen LogP contribution in [0.5, 0.6) is 5.75 Å².